The van der Waals surface area contributed by atoms with E-state index in [0.29, 0.717) is 6.61 Å². The highest BCUT2D eigenvalue weighted by Gasteiger charge is 2.25. The molecule has 0 heterocycles. The normalized spacial score (nSPS) is 15.4. The summed E-state index contributed by atoms with van der Waals surface area (Å²) in [5.41, 5.74) is -0.712. The van der Waals surface area contributed by atoms with E-state index in [1.165, 1.54) is 12.8 Å². The van der Waals surface area contributed by atoms with E-state index in [9.17, 15) is 5.11 Å². The average Bonchev–Trinajstić information content (AvgIpc) is 2.09. The number of rotatable bonds is 7. The van der Waals surface area contributed by atoms with Crippen molar-refractivity contribution in [2.45, 2.75) is 72.0 Å². The lowest BCUT2D eigenvalue weighted by Crippen LogP contribution is -2.35. The number of hydrogen-bond donors (Lipinski definition) is 1. The minimum absolute atomic E-state index is 0.0600. The summed E-state index contributed by atoms with van der Waals surface area (Å²) >= 11 is 0. The van der Waals surface area contributed by atoms with Gasteiger partial charge in [-0.15, -0.1) is 0 Å². The maximum Gasteiger partial charge on any atom is 0.0639 e. The number of aliphatic hydroxyl groups is 1. The van der Waals surface area contributed by atoms with Crippen molar-refractivity contribution >= 4 is 0 Å². The highest BCUT2D eigenvalue weighted by Crippen LogP contribution is 2.22. The van der Waals surface area contributed by atoms with E-state index in [2.05, 4.69) is 20.8 Å². The van der Waals surface area contributed by atoms with Gasteiger partial charge in [-0.2, -0.15) is 0 Å². The third kappa shape index (κ3) is 6.91. The Labute approximate surface area is 95.0 Å². The summed E-state index contributed by atoms with van der Waals surface area (Å²) in [6, 6.07) is 0. The molecule has 2 nitrogen and oxygen atoms in total. The molecule has 0 saturated heterocycles. The van der Waals surface area contributed by atoms with Gasteiger partial charge in [-0.3, -0.25) is 0 Å². The molecule has 0 aromatic rings. The van der Waals surface area contributed by atoms with Crippen LogP contribution in [0.5, 0.6) is 0 Å². The second-order valence-electron chi connectivity index (χ2n) is 5.73. The molecule has 2 heteroatoms. The Morgan fingerprint density at radius 1 is 1.20 bits per heavy atom. The minimum Gasteiger partial charge on any atom is -0.390 e. The Morgan fingerprint density at radius 3 is 2.13 bits per heavy atom. The van der Waals surface area contributed by atoms with Crippen LogP contribution in [0.3, 0.4) is 0 Å². The second-order valence-corrected chi connectivity index (χ2v) is 5.73. The first kappa shape index (κ1) is 14.9. The lowest BCUT2D eigenvalue weighted by molar-refractivity contribution is -0.0805. The summed E-state index contributed by atoms with van der Waals surface area (Å²) in [5, 5.41) is 9.78. The fraction of sp³-hybridized carbons (Fsp3) is 1.00. The number of unbranched alkanes of at least 4 members (excludes halogenated alkanes) is 1. The zero-order valence-electron chi connectivity index (χ0n) is 11.3. The summed E-state index contributed by atoms with van der Waals surface area (Å²) < 4.78 is 5.86. The lowest BCUT2D eigenvalue weighted by atomic mass is 9.93. The van der Waals surface area contributed by atoms with E-state index < -0.39 is 5.60 Å². The fourth-order valence-corrected chi connectivity index (χ4v) is 1.23. The Bertz CT molecular complexity index is 168. The fourth-order valence-electron chi connectivity index (χ4n) is 1.23. The molecule has 0 saturated carbocycles. The molecular weight excluding hydrogens is 188 g/mol. The van der Waals surface area contributed by atoms with Crippen molar-refractivity contribution in [2.75, 3.05) is 6.61 Å². The van der Waals surface area contributed by atoms with E-state index in [0.717, 1.165) is 6.42 Å². The molecule has 92 valence electrons. The molecule has 0 rings (SSSR count). The molecule has 0 aliphatic heterocycles. The highest BCUT2D eigenvalue weighted by atomic mass is 16.5. The smallest absolute Gasteiger partial charge is 0.0639 e. The van der Waals surface area contributed by atoms with Gasteiger partial charge in [-0.1, -0.05) is 26.7 Å². The molecule has 15 heavy (non-hydrogen) atoms. The Hall–Kier alpha value is -0.0800. The summed E-state index contributed by atoms with van der Waals surface area (Å²) in [4.78, 5) is 0. The van der Waals surface area contributed by atoms with Crippen LogP contribution < -0.4 is 0 Å². The van der Waals surface area contributed by atoms with Crippen LogP contribution in [0.1, 0.15) is 60.8 Å². The molecule has 0 aromatic heterocycles. The number of ether oxygens (including phenoxy) is 1. The van der Waals surface area contributed by atoms with Crippen LogP contribution in [-0.4, -0.2) is 22.9 Å². The quantitative estimate of drug-likeness (QED) is 0.707. The van der Waals surface area contributed by atoms with Crippen LogP contribution in [0.4, 0.5) is 0 Å². The van der Waals surface area contributed by atoms with Crippen molar-refractivity contribution < 1.29 is 9.84 Å². The molecule has 1 N–H and O–H groups in total. The molecule has 0 fully saturated rings. The van der Waals surface area contributed by atoms with Crippen molar-refractivity contribution in [3.05, 3.63) is 0 Å². The Kier molecular flexibility index (Phi) is 5.82. The van der Waals surface area contributed by atoms with Crippen molar-refractivity contribution in [1.82, 2.24) is 0 Å². The van der Waals surface area contributed by atoms with Crippen LogP contribution in [-0.2, 0) is 4.74 Å². The predicted molar refractivity (Wildman–Crippen MR) is 65.0 cm³/mol. The van der Waals surface area contributed by atoms with Gasteiger partial charge in [-0.05, 0) is 34.1 Å². The second kappa shape index (κ2) is 5.86. The highest BCUT2D eigenvalue weighted by molar-refractivity contribution is 4.75. The van der Waals surface area contributed by atoms with Gasteiger partial charge in [0.15, 0.2) is 0 Å². The first-order valence-electron chi connectivity index (χ1n) is 6.05. The van der Waals surface area contributed by atoms with Crippen LogP contribution in [0, 0.1) is 5.92 Å². The molecule has 0 amide bonds. The van der Waals surface area contributed by atoms with Crippen LogP contribution >= 0.6 is 0 Å². The zero-order chi connectivity index (χ0) is 12.1. The van der Waals surface area contributed by atoms with Gasteiger partial charge in [0.2, 0.25) is 0 Å². The molecule has 0 aromatic carbocycles. The molecular formula is C13H28O2. The van der Waals surface area contributed by atoms with Crippen molar-refractivity contribution in [1.29, 1.82) is 0 Å². The van der Waals surface area contributed by atoms with Crippen LogP contribution in [0.15, 0.2) is 0 Å². The van der Waals surface area contributed by atoms with Gasteiger partial charge in [0.1, 0.15) is 0 Å². The monoisotopic (exact) mass is 216 g/mol. The summed E-state index contributed by atoms with van der Waals surface area (Å²) in [6.07, 6.45) is 3.49. The third-order valence-electron chi connectivity index (χ3n) is 3.06. The first-order valence-corrected chi connectivity index (χ1v) is 6.05. The summed E-state index contributed by atoms with van der Waals surface area (Å²) in [6.45, 7) is 12.8. The summed E-state index contributed by atoms with van der Waals surface area (Å²) in [7, 11) is 0. The summed E-state index contributed by atoms with van der Waals surface area (Å²) in [5.74, 6) is 0.165. The van der Waals surface area contributed by atoms with Gasteiger partial charge >= 0.3 is 0 Å². The van der Waals surface area contributed by atoms with Crippen molar-refractivity contribution in [2.24, 2.45) is 5.92 Å². The average molecular weight is 216 g/mol. The predicted octanol–water partition coefficient (Wildman–Crippen LogP) is 3.38. The van der Waals surface area contributed by atoms with Gasteiger partial charge in [0, 0.05) is 5.92 Å². The Balaban J connectivity index is 3.92. The van der Waals surface area contributed by atoms with Gasteiger partial charge in [0.05, 0.1) is 17.8 Å². The molecule has 0 aliphatic rings. The topological polar surface area (TPSA) is 29.5 Å². The Morgan fingerprint density at radius 2 is 1.73 bits per heavy atom. The molecule has 0 radical (unpaired) electrons. The molecule has 0 aliphatic carbocycles. The van der Waals surface area contributed by atoms with Crippen molar-refractivity contribution in [3.63, 3.8) is 0 Å². The largest absolute Gasteiger partial charge is 0.390 e. The van der Waals surface area contributed by atoms with Gasteiger partial charge < -0.3 is 9.84 Å². The van der Waals surface area contributed by atoms with E-state index in [1.54, 1.807) is 0 Å². The maximum absolute atomic E-state index is 9.78. The number of hydrogen-bond acceptors (Lipinski definition) is 2. The minimum atomic E-state index is -0.652. The zero-order valence-corrected chi connectivity index (χ0v) is 11.3. The molecule has 0 spiro atoms. The lowest BCUT2D eigenvalue weighted by Gasteiger charge is -2.31. The van der Waals surface area contributed by atoms with E-state index in [-0.39, 0.29) is 11.5 Å². The van der Waals surface area contributed by atoms with E-state index >= 15 is 0 Å². The van der Waals surface area contributed by atoms with Crippen LogP contribution in [0.2, 0.25) is 0 Å². The van der Waals surface area contributed by atoms with E-state index in [1.807, 2.05) is 20.8 Å². The van der Waals surface area contributed by atoms with Gasteiger partial charge in [0.25, 0.3) is 0 Å². The van der Waals surface area contributed by atoms with Crippen molar-refractivity contribution in [3.8, 4) is 0 Å². The SMILES string of the molecule is CCCCC(C)(C)OCC(C)C(C)(C)O. The van der Waals surface area contributed by atoms with E-state index in [4.69, 9.17) is 4.74 Å². The molecule has 1 atom stereocenters. The molecule has 1 unspecified atom stereocenters. The molecule has 0 bridgehead atoms. The standard InChI is InChI=1S/C13H28O2/c1-7-8-9-12(3,4)15-10-11(2)13(5,6)14/h11,14H,7-10H2,1-6H3. The third-order valence-corrected chi connectivity index (χ3v) is 3.06. The maximum atomic E-state index is 9.78. The van der Waals surface area contributed by atoms with Gasteiger partial charge in [-0.25, -0.2) is 0 Å². The first-order chi connectivity index (χ1) is 6.69. The van der Waals surface area contributed by atoms with Crippen LogP contribution in [0.25, 0.3) is 0 Å².